The molecule has 174 valence electrons. The standard InChI is InChI=1S/C28H28FN3O2/c1-17-24-11-10-23-25(19-7-2-5-18(13-19)6-4-12-33)31-32-27(23)28(24,15-20-16-30-34-26(17)20)21-8-3-9-22(29)14-21/h2-3,5,7-9,13-14,16-17,24,33H,4,6,10-12,15H2,1H3,(H,31,32)/t17-,24-,28+/m0/s1. The third-order valence-electron chi connectivity index (χ3n) is 7.97. The van der Waals surface area contributed by atoms with Crippen LogP contribution in [0.1, 0.15) is 59.4 Å². The summed E-state index contributed by atoms with van der Waals surface area (Å²) in [4.78, 5) is 0. The number of hydrogen-bond acceptors (Lipinski definition) is 4. The van der Waals surface area contributed by atoms with Crippen LogP contribution >= 0.6 is 0 Å². The summed E-state index contributed by atoms with van der Waals surface area (Å²) in [6.07, 6.45) is 5.95. The zero-order valence-corrected chi connectivity index (χ0v) is 19.2. The highest BCUT2D eigenvalue weighted by Gasteiger charge is 2.54. The van der Waals surface area contributed by atoms with Gasteiger partial charge in [-0.15, -0.1) is 0 Å². The Hall–Kier alpha value is -3.25. The van der Waals surface area contributed by atoms with Crippen LogP contribution in [0.5, 0.6) is 0 Å². The number of aliphatic hydroxyl groups excluding tert-OH is 1. The molecule has 34 heavy (non-hydrogen) atoms. The van der Waals surface area contributed by atoms with Crippen molar-refractivity contribution in [2.75, 3.05) is 6.61 Å². The van der Waals surface area contributed by atoms with E-state index >= 15 is 0 Å². The van der Waals surface area contributed by atoms with E-state index in [0.717, 1.165) is 59.5 Å². The molecule has 0 fully saturated rings. The number of benzene rings is 2. The first-order valence-corrected chi connectivity index (χ1v) is 12.1. The van der Waals surface area contributed by atoms with Crippen molar-refractivity contribution in [3.05, 3.63) is 94.3 Å². The number of aromatic nitrogens is 3. The van der Waals surface area contributed by atoms with Crippen LogP contribution in [0.15, 0.2) is 59.3 Å². The fraction of sp³-hybridized carbons (Fsp3) is 0.357. The van der Waals surface area contributed by atoms with E-state index in [1.165, 1.54) is 17.2 Å². The maximum absolute atomic E-state index is 14.5. The first-order valence-electron chi connectivity index (χ1n) is 12.1. The van der Waals surface area contributed by atoms with Gasteiger partial charge in [-0.05, 0) is 67.3 Å². The summed E-state index contributed by atoms with van der Waals surface area (Å²) in [5.74, 6) is 1.11. The van der Waals surface area contributed by atoms with Crippen molar-refractivity contribution in [2.45, 2.75) is 50.4 Å². The molecule has 0 spiro atoms. The summed E-state index contributed by atoms with van der Waals surface area (Å²) in [7, 11) is 0. The van der Waals surface area contributed by atoms with Gasteiger partial charge in [-0.25, -0.2) is 4.39 Å². The molecule has 2 N–H and O–H groups in total. The molecule has 6 rings (SSSR count). The van der Waals surface area contributed by atoms with E-state index in [1.807, 2.05) is 12.3 Å². The molecule has 5 nitrogen and oxygen atoms in total. The van der Waals surface area contributed by atoms with Crippen LogP contribution in [0.4, 0.5) is 4.39 Å². The molecule has 0 amide bonds. The van der Waals surface area contributed by atoms with Crippen LogP contribution in [0.25, 0.3) is 11.3 Å². The smallest absolute Gasteiger partial charge is 0.143 e. The SMILES string of the molecule is C[C@@H]1c2oncc2C[C@]2(c3cccc(F)c3)c3n[nH]c(-c4cccc(CCCO)c4)c3CC[C@@H]12. The number of nitrogens with one attached hydrogen (secondary N) is 1. The predicted octanol–water partition coefficient (Wildman–Crippen LogP) is 5.34. The van der Waals surface area contributed by atoms with Gasteiger partial charge in [-0.2, -0.15) is 5.10 Å². The Balaban J connectivity index is 1.53. The zero-order valence-electron chi connectivity index (χ0n) is 19.2. The molecule has 0 unspecified atom stereocenters. The van der Waals surface area contributed by atoms with Gasteiger partial charge in [0, 0.05) is 34.6 Å². The van der Waals surface area contributed by atoms with E-state index in [9.17, 15) is 9.50 Å². The average molecular weight is 458 g/mol. The van der Waals surface area contributed by atoms with Gasteiger partial charge in [0.15, 0.2) is 0 Å². The summed E-state index contributed by atoms with van der Waals surface area (Å²) in [5, 5.41) is 21.6. The number of halogens is 1. The maximum atomic E-state index is 14.5. The van der Waals surface area contributed by atoms with Crippen molar-refractivity contribution in [3.63, 3.8) is 0 Å². The first kappa shape index (κ1) is 21.3. The summed E-state index contributed by atoms with van der Waals surface area (Å²) < 4.78 is 20.2. The highest BCUT2D eigenvalue weighted by atomic mass is 19.1. The van der Waals surface area contributed by atoms with Crippen molar-refractivity contribution in [2.24, 2.45) is 5.92 Å². The molecule has 0 radical (unpaired) electrons. The lowest BCUT2D eigenvalue weighted by molar-refractivity contribution is 0.189. The van der Waals surface area contributed by atoms with Crippen LogP contribution in [0.3, 0.4) is 0 Å². The van der Waals surface area contributed by atoms with E-state index < -0.39 is 5.41 Å². The highest BCUT2D eigenvalue weighted by molar-refractivity contribution is 5.67. The van der Waals surface area contributed by atoms with E-state index in [-0.39, 0.29) is 24.3 Å². The number of rotatable bonds is 5. The largest absolute Gasteiger partial charge is 0.396 e. The second-order valence-corrected chi connectivity index (χ2v) is 9.76. The first-order chi connectivity index (χ1) is 16.6. The lowest BCUT2D eigenvalue weighted by Crippen LogP contribution is -2.47. The number of aliphatic hydroxyl groups is 1. The van der Waals surface area contributed by atoms with Crippen LogP contribution in [0, 0.1) is 11.7 Å². The molecule has 0 saturated carbocycles. The van der Waals surface area contributed by atoms with E-state index in [2.05, 4.69) is 41.4 Å². The summed E-state index contributed by atoms with van der Waals surface area (Å²) in [6, 6.07) is 15.5. The number of aryl methyl sites for hydroxylation is 1. The molecule has 3 atom stereocenters. The van der Waals surface area contributed by atoms with Gasteiger partial charge in [-0.3, -0.25) is 5.10 Å². The summed E-state index contributed by atoms with van der Waals surface area (Å²) >= 11 is 0. The quantitative estimate of drug-likeness (QED) is 0.424. The Labute approximate surface area is 198 Å². The Bertz CT molecular complexity index is 1340. The van der Waals surface area contributed by atoms with E-state index in [4.69, 9.17) is 9.62 Å². The molecule has 0 aliphatic heterocycles. The second-order valence-electron chi connectivity index (χ2n) is 9.76. The zero-order chi connectivity index (χ0) is 23.3. The summed E-state index contributed by atoms with van der Waals surface area (Å²) in [5.41, 5.74) is 7.17. The van der Waals surface area contributed by atoms with Gasteiger partial charge in [0.1, 0.15) is 11.6 Å². The van der Waals surface area contributed by atoms with Crippen LogP contribution in [0.2, 0.25) is 0 Å². The molecular weight excluding hydrogens is 429 g/mol. The molecule has 4 aromatic rings. The van der Waals surface area contributed by atoms with Crippen molar-refractivity contribution >= 4 is 0 Å². The molecule has 6 heteroatoms. The fourth-order valence-electron chi connectivity index (χ4n) is 6.47. The number of nitrogens with zero attached hydrogens (tertiary/aromatic N) is 2. The van der Waals surface area contributed by atoms with E-state index in [1.54, 1.807) is 12.1 Å². The molecule has 0 saturated heterocycles. The van der Waals surface area contributed by atoms with Gasteiger partial charge in [0.2, 0.25) is 0 Å². The van der Waals surface area contributed by atoms with Crippen molar-refractivity contribution in [3.8, 4) is 11.3 Å². The van der Waals surface area contributed by atoms with Crippen molar-refractivity contribution < 1.29 is 14.0 Å². The fourth-order valence-corrected chi connectivity index (χ4v) is 6.47. The normalized spacial score (nSPS) is 23.3. The van der Waals surface area contributed by atoms with Gasteiger partial charge in [0.25, 0.3) is 0 Å². The Morgan fingerprint density at radius 2 is 2.09 bits per heavy atom. The Morgan fingerprint density at radius 3 is 2.94 bits per heavy atom. The highest BCUT2D eigenvalue weighted by Crippen LogP contribution is 2.57. The van der Waals surface area contributed by atoms with Crippen LogP contribution in [-0.4, -0.2) is 27.1 Å². The van der Waals surface area contributed by atoms with E-state index in [0.29, 0.717) is 6.42 Å². The lowest BCUT2D eigenvalue weighted by atomic mass is 9.53. The number of H-pyrrole nitrogens is 1. The van der Waals surface area contributed by atoms with Gasteiger partial charge >= 0.3 is 0 Å². The third-order valence-corrected chi connectivity index (χ3v) is 7.97. The Kier molecular flexibility index (Phi) is 5.14. The molecule has 2 aromatic heterocycles. The molecule has 2 aromatic carbocycles. The average Bonchev–Trinajstić information content (AvgIpc) is 3.50. The van der Waals surface area contributed by atoms with Crippen LogP contribution < -0.4 is 0 Å². The minimum atomic E-state index is -0.448. The minimum absolute atomic E-state index is 0.157. The number of fused-ring (bicyclic) bond motifs is 4. The van der Waals surface area contributed by atoms with Crippen LogP contribution in [-0.2, 0) is 24.7 Å². The van der Waals surface area contributed by atoms with Gasteiger partial charge in [-0.1, -0.05) is 42.4 Å². The molecule has 0 bridgehead atoms. The maximum Gasteiger partial charge on any atom is 0.143 e. The molecule has 2 heterocycles. The third kappa shape index (κ3) is 3.16. The minimum Gasteiger partial charge on any atom is -0.396 e. The summed E-state index contributed by atoms with van der Waals surface area (Å²) in [6.45, 7) is 2.38. The molecule has 2 aliphatic rings. The van der Waals surface area contributed by atoms with Crippen molar-refractivity contribution in [1.29, 1.82) is 0 Å². The van der Waals surface area contributed by atoms with Gasteiger partial charge < -0.3 is 9.63 Å². The monoisotopic (exact) mass is 457 g/mol. The Morgan fingerprint density at radius 1 is 1.21 bits per heavy atom. The van der Waals surface area contributed by atoms with Crippen molar-refractivity contribution in [1.82, 2.24) is 15.4 Å². The number of hydrogen-bond donors (Lipinski definition) is 2. The number of aromatic amines is 1. The second kappa shape index (κ2) is 8.20. The molecule has 2 aliphatic carbocycles. The predicted molar refractivity (Wildman–Crippen MR) is 127 cm³/mol. The molecular formula is C28H28FN3O2. The lowest BCUT2D eigenvalue weighted by Gasteiger charge is -2.48. The van der Waals surface area contributed by atoms with Gasteiger partial charge in [0.05, 0.1) is 17.6 Å². The topological polar surface area (TPSA) is 74.9 Å².